The average molecular weight is 482 g/mol. The fourth-order valence-corrected chi connectivity index (χ4v) is 4.05. The highest BCUT2D eigenvalue weighted by atomic mass is 32.1. The Labute approximate surface area is 204 Å². The molecule has 2 aromatic rings. The number of nitrogens with zero attached hydrogens (tertiary/aromatic N) is 1. The minimum Gasteiger partial charge on any atom is -0.379 e. The molecule has 7 nitrogen and oxygen atoms in total. The summed E-state index contributed by atoms with van der Waals surface area (Å²) in [6.45, 7) is 8.11. The summed E-state index contributed by atoms with van der Waals surface area (Å²) in [5.41, 5.74) is 5.29. The molecule has 8 heteroatoms. The Hall–Kier alpha value is -3.00. The second kappa shape index (κ2) is 13.0. The summed E-state index contributed by atoms with van der Waals surface area (Å²) in [5, 5.41) is 16.7. The summed E-state index contributed by atoms with van der Waals surface area (Å²) in [7, 11) is 0. The summed E-state index contributed by atoms with van der Waals surface area (Å²) < 4.78 is 5.40. The van der Waals surface area contributed by atoms with Crippen molar-refractivity contribution in [1.82, 2.24) is 15.7 Å². The van der Waals surface area contributed by atoms with Gasteiger partial charge in [0.25, 0.3) is 11.8 Å². The van der Waals surface area contributed by atoms with Crippen molar-refractivity contribution < 1.29 is 19.5 Å². The number of rotatable bonds is 7. The fraction of sp³-hybridized carbons (Fsp3) is 0.346. The molecular formula is C26H31N3O4S. The van der Waals surface area contributed by atoms with Crippen molar-refractivity contribution in [2.75, 3.05) is 26.3 Å². The maximum absolute atomic E-state index is 12.4. The predicted octanol–water partition coefficient (Wildman–Crippen LogP) is 3.49. The summed E-state index contributed by atoms with van der Waals surface area (Å²) >= 11 is 1.44. The Morgan fingerprint density at radius 1 is 1.12 bits per heavy atom. The van der Waals surface area contributed by atoms with E-state index in [4.69, 9.17) is 9.94 Å². The molecule has 0 aliphatic carbocycles. The molecule has 2 amide bonds. The van der Waals surface area contributed by atoms with Gasteiger partial charge in [0.1, 0.15) is 6.04 Å². The largest absolute Gasteiger partial charge is 0.379 e. The van der Waals surface area contributed by atoms with E-state index in [1.165, 1.54) is 16.7 Å². The zero-order chi connectivity index (χ0) is 24.3. The van der Waals surface area contributed by atoms with Gasteiger partial charge in [0.05, 0.1) is 13.2 Å². The smallest absolute Gasteiger partial charge is 0.266 e. The molecule has 0 radical (unpaired) electrons. The van der Waals surface area contributed by atoms with Crippen LogP contribution in [0.15, 0.2) is 53.9 Å². The molecule has 2 aromatic carbocycles. The number of benzene rings is 2. The van der Waals surface area contributed by atoms with E-state index < -0.39 is 11.9 Å². The predicted molar refractivity (Wildman–Crippen MR) is 135 cm³/mol. The van der Waals surface area contributed by atoms with E-state index in [2.05, 4.69) is 39.7 Å². The van der Waals surface area contributed by atoms with Crippen molar-refractivity contribution in [3.63, 3.8) is 0 Å². The van der Waals surface area contributed by atoms with Crippen LogP contribution in [0.4, 0.5) is 0 Å². The van der Waals surface area contributed by atoms with E-state index in [-0.39, 0.29) is 11.8 Å². The van der Waals surface area contributed by atoms with Gasteiger partial charge >= 0.3 is 0 Å². The van der Waals surface area contributed by atoms with Crippen LogP contribution in [0.1, 0.15) is 40.9 Å². The van der Waals surface area contributed by atoms with E-state index in [0.29, 0.717) is 5.56 Å². The molecule has 0 saturated carbocycles. The third kappa shape index (κ3) is 7.80. The van der Waals surface area contributed by atoms with E-state index in [1.807, 2.05) is 11.5 Å². The van der Waals surface area contributed by atoms with E-state index in [1.54, 1.807) is 43.6 Å². The minimum atomic E-state index is -0.815. The van der Waals surface area contributed by atoms with Crippen molar-refractivity contribution in [3.8, 4) is 5.18 Å². The first-order valence-electron chi connectivity index (χ1n) is 11.3. The Bertz CT molecular complexity index is 1050. The van der Waals surface area contributed by atoms with Crippen LogP contribution in [0.2, 0.25) is 0 Å². The second-order valence-electron chi connectivity index (χ2n) is 8.40. The molecule has 1 aliphatic heterocycles. The molecule has 180 valence electrons. The van der Waals surface area contributed by atoms with Crippen LogP contribution in [0.3, 0.4) is 0 Å². The lowest BCUT2D eigenvalue weighted by molar-refractivity contribution is -0.132. The van der Waals surface area contributed by atoms with Crippen LogP contribution < -0.4 is 10.8 Å². The number of carbonyl (C=O) groups excluding carboxylic acids is 2. The highest BCUT2D eigenvalue weighted by Crippen LogP contribution is 2.12. The zero-order valence-electron chi connectivity index (χ0n) is 19.5. The SMILES string of the molecule is CC(C)[C@H](NC(=O)c1ccc(C#S/C=C/c2ccc(CN3CCOCC3)cc2)cc1)C(=O)NO. The quantitative estimate of drug-likeness (QED) is 0.416. The van der Waals surface area contributed by atoms with E-state index in [9.17, 15) is 9.59 Å². The van der Waals surface area contributed by atoms with Gasteiger partial charge in [-0.25, -0.2) is 5.48 Å². The number of morpholine rings is 1. The molecule has 3 rings (SSSR count). The molecule has 0 bridgehead atoms. The molecule has 1 aliphatic rings. The number of hydrogen-bond donors (Lipinski definition) is 3. The van der Waals surface area contributed by atoms with Gasteiger partial charge < -0.3 is 10.1 Å². The van der Waals surface area contributed by atoms with Crippen molar-refractivity contribution in [3.05, 3.63) is 76.2 Å². The van der Waals surface area contributed by atoms with Crippen molar-refractivity contribution in [2.45, 2.75) is 26.4 Å². The van der Waals surface area contributed by atoms with Gasteiger partial charge in [-0.15, -0.1) is 11.2 Å². The standard InChI is InChI=1S/C26H31N3O4S/c1-19(2)24(26(31)28-32)27-25(30)23-9-7-22(8-10-23)18-34-16-11-20-3-5-21(6-4-20)17-29-12-14-33-15-13-29/h3-11,16,19,24,32H,12-15,17H2,1-2H3,(H,27,30)(H,28,31)/b16-11+/t24-/m0/s1. The second-order valence-corrected chi connectivity index (χ2v) is 9.11. The molecule has 0 spiro atoms. The monoisotopic (exact) mass is 481 g/mol. The van der Waals surface area contributed by atoms with Gasteiger partial charge in [-0.05, 0) is 58.0 Å². The minimum absolute atomic E-state index is 0.166. The molecule has 3 N–H and O–H groups in total. The maximum atomic E-state index is 12.4. The van der Waals surface area contributed by atoms with Gasteiger partial charge in [-0.3, -0.25) is 19.7 Å². The third-order valence-electron chi connectivity index (χ3n) is 5.49. The number of hydroxylamine groups is 1. The molecule has 34 heavy (non-hydrogen) atoms. The van der Waals surface area contributed by atoms with Gasteiger partial charge in [0.2, 0.25) is 0 Å². The zero-order valence-corrected chi connectivity index (χ0v) is 20.3. The molecule has 1 fully saturated rings. The maximum Gasteiger partial charge on any atom is 0.266 e. The number of amides is 2. The summed E-state index contributed by atoms with van der Waals surface area (Å²) in [4.78, 5) is 26.5. The van der Waals surface area contributed by atoms with Gasteiger partial charge in [0, 0.05) is 30.8 Å². The van der Waals surface area contributed by atoms with Crippen molar-refractivity contribution >= 4 is 29.1 Å². The third-order valence-corrected chi connectivity index (χ3v) is 6.11. The highest BCUT2D eigenvalue weighted by molar-refractivity contribution is 7.91. The summed E-state index contributed by atoms with van der Waals surface area (Å²) in [6, 6.07) is 14.7. The lowest BCUT2D eigenvalue weighted by Crippen LogP contribution is -2.48. The lowest BCUT2D eigenvalue weighted by Gasteiger charge is -2.26. The summed E-state index contributed by atoms with van der Waals surface area (Å²) in [5.74, 6) is -1.18. The Kier molecular flexibility index (Phi) is 9.82. The molecular weight excluding hydrogens is 450 g/mol. The van der Waals surface area contributed by atoms with E-state index >= 15 is 0 Å². The molecule has 1 atom stereocenters. The highest BCUT2D eigenvalue weighted by Gasteiger charge is 2.24. The fourth-order valence-electron chi connectivity index (χ4n) is 3.49. The van der Waals surface area contributed by atoms with Crippen molar-refractivity contribution in [1.29, 1.82) is 0 Å². The Morgan fingerprint density at radius 3 is 2.41 bits per heavy atom. The Morgan fingerprint density at radius 2 is 1.79 bits per heavy atom. The van der Waals surface area contributed by atoms with Crippen LogP contribution in [0.25, 0.3) is 6.08 Å². The Balaban J connectivity index is 1.53. The average Bonchev–Trinajstić information content (AvgIpc) is 2.86. The number of carbonyl (C=O) groups is 2. The van der Waals surface area contributed by atoms with Crippen LogP contribution >= 0.6 is 11.2 Å². The van der Waals surface area contributed by atoms with Crippen LogP contribution in [-0.4, -0.2) is 54.3 Å². The molecule has 0 unspecified atom stereocenters. The van der Waals surface area contributed by atoms with Gasteiger partial charge in [-0.2, -0.15) is 0 Å². The topological polar surface area (TPSA) is 90.9 Å². The molecule has 1 heterocycles. The van der Waals surface area contributed by atoms with Crippen LogP contribution in [-0.2, 0) is 16.1 Å². The molecule has 1 saturated heterocycles. The first-order chi connectivity index (χ1) is 16.5. The molecule has 0 aromatic heterocycles. The van der Waals surface area contributed by atoms with Gasteiger partial charge in [-0.1, -0.05) is 38.1 Å². The summed E-state index contributed by atoms with van der Waals surface area (Å²) in [6.07, 6.45) is 2.04. The van der Waals surface area contributed by atoms with Crippen molar-refractivity contribution in [2.24, 2.45) is 5.92 Å². The number of nitrogens with one attached hydrogen (secondary N) is 2. The first-order valence-corrected chi connectivity index (χ1v) is 12.2. The van der Waals surface area contributed by atoms with Crippen LogP contribution in [0.5, 0.6) is 0 Å². The lowest BCUT2D eigenvalue weighted by atomic mass is 10.0. The number of ether oxygens (including phenoxy) is 1. The van der Waals surface area contributed by atoms with Crippen LogP contribution in [0, 0.1) is 11.1 Å². The normalized spacial score (nSPS) is 15.1. The van der Waals surface area contributed by atoms with E-state index in [0.717, 1.165) is 44.0 Å². The number of hydrogen-bond acceptors (Lipinski definition) is 5. The first kappa shape index (κ1) is 25.6. The van der Waals surface area contributed by atoms with Gasteiger partial charge in [0.15, 0.2) is 0 Å².